The molecule has 2 N–H and O–H groups in total. The maximum absolute atomic E-state index is 12.7. The van der Waals surface area contributed by atoms with E-state index in [9.17, 15) is 8.42 Å². The predicted octanol–water partition coefficient (Wildman–Crippen LogP) is 0.610. The van der Waals surface area contributed by atoms with E-state index in [0.717, 1.165) is 38.1 Å². The first-order chi connectivity index (χ1) is 9.13. The molecule has 0 saturated carbocycles. The van der Waals surface area contributed by atoms with Gasteiger partial charge in [-0.05, 0) is 31.7 Å². The Morgan fingerprint density at radius 2 is 2.15 bits per heavy atom. The number of hydrogen-bond acceptors (Lipinski definition) is 4. The molecule has 0 aliphatic carbocycles. The molecule has 1 saturated heterocycles. The summed E-state index contributed by atoms with van der Waals surface area (Å²) < 4.78 is 28.8. The molecule has 114 valence electrons. The Kier molecular flexibility index (Phi) is 4.73. The predicted molar refractivity (Wildman–Crippen MR) is 78.3 cm³/mol. The van der Waals surface area contributed by atoms with Gasteiger partial charge >= 0.3 is 0 Å². The van der Waals surface area contributed by atoms with Gasteiger partial charge in [-0.25, -0.2) is 13.4 Å². The summed E-state index contributed by atoms with van der Waals surface area (Å²) in [6, 6.07) is 0. The van der Waals surface area contributed by atoms with Crippen molar-refractivity contribution >= 4 is 22.4 Å². The smallest absolute Gasteiger partial charge is 0.260 e. The van der Waals surface area contributed by atoms with Gasteiger partial charge in [-0.15, -0.1) is 12.4 Å². The number of nitrogens with two attached hydrogens (primary N) is 1. The summed E-state index contributed by atoms with van der Waals surface area (Å²) in [4.78, 5) is 4.23. The Labute approximate surface area is 125 Å². The van der Waals surface area contributed by atoms with Crippen molar-refractivity contribution in [3.05, 3.63) is 12.0 Å². The standard InChI is InChI=1S/C12H20N4O2S.ClH/c13-7-10-3-1-5-15(9-10)19(17,18)12-8-14-11-4-2-6-16(11)12;/h8,10H,1-7,9,13H2;1H. The summed E-state index contributed by atoms with van der Waals surface area (Å²) in [5.74, 6) is 1.18. The number of hydrogen-bond donors (Lipinski definition) is 1. The molecule has 20 heavy (non-hydrogen) atoms. The molecule has 1 unspecified atom stereocenters. The molecule has 6 nitrogen and oxygen atoms in total. The van der Waals surface area contributed by atoms with E-state index in [-0.39, 0.29) is 18.3 Å². The highest BCUT2D eigenvalue weighted by molar-refractivity contribution is 7.89. The normalized spacial score (nSPS) is 23.4. The number of halogens is 1. The second-order valence-electron chi connectivity index (χ2n) is 5.37. The van der Waals surface area contributed by atoms with Crippen molar-refractivity contribution in [3.8, 4) is 0 Å². The van der Waals surface area contributed by atoms with Gasteiger partial charge in [-0.2, -0.15) is 4.31 Å². The highest BCUT2D eigenvalue weighted by Gasteiger charge is 2.33. The fourth-order valence-corrected chi connectivity index (χ4v) is 4.71. The van der Waals surface area contributed by atoms with Crippen LogP contribution < -0.4 is 5.73 Å². The van der Waals surface area contributed by atoms with Gasteiger partial charge in [0.15, 0.2) is 5.03 Å². The minimum Gasteiger partial charge on any atom is -0.330 e. The Balaban J connectivity index is 0.00000147. The topological polar surface area (TPSA) is 81.2 Å². The van der Waals surface area contributed by atoms with Crippen molar-refractivity contribution in [2.24, 2.45) is 11.7 Å². The third-order valence-electron chi connectivity index (χ3n) is 4.10. The summed E-state index contributed by atoms with van der Waals surface area (Å²) in [7, 11) is -3.41. The Hall–Kier alpha value is -0.630. The number of fused-ring (bicyclic) bond motifs is 1. The first kappa shape index (κ1) is 15.8. The van der Waals surface area contributed by atoms with Crippen LogP contribution in [0.5, 0.6) is 0 Å². The lowest BCUT2D eigenvalue weighted by Gasteiger charge is -2.31. The molecule has 8 heteroatoms. The van der Waals surface area contributed by atoms with Gasteiger partial charge in [-0.3, -0.25) is 0 Å². The molecule has 2 aliphatic heterocycles. The molecule has 0 radical (unpaired) electrons. The monoisotopic (exact) mass is 320 g/mol. The number of nitrogens with zero attached hydrogens (tertiary/aromatic N) is 3. The molecule has 1 atom stereocenters. The third-order valence-corrected chi connectivity index (χ3v) is 5.97. The van der Waals surface area contributed by atoms with E-state index in [1.165, 1.54) is 6.20 Å². The van der Waals surface area contributed by atoms with Crippen LogP contribution in [0.25, 0.3) is 0 Å². The SMILES string of the molecule is Cl.NCC1CCCN(S(=O)(=O)c2cnc3n2CCC3)C1. The van der Waals surface area contributed by atoms with Gasteiger partial charge in [0.25, 0.3) is 10.0 Å². The minimum atomic E-state index is -3.41. The quantitative estimate of drug-likeness (QED) is 0.884. The van der Waals surface area contributed by atoms with Crippen LogP contribution in [-0.4, -0.2) is 41.9 Å². The molecule has 1 aromatic heterocycles. The van der Waals surface area contributed by atoms with E-state index in [0.29, 0.717) is 24.7 Å². The van der Waals surface area contributed by atoms with Crippen molar-refractivity contribution in [2.75, 3.05) is 19.6 Å². The van der Waals surface area contributed by atoms with Crippen LogP contribution in [-0.2, 0) is 23.0 Å². The third kappa shape index (κ3) is 2.59. The molecule has 1 aromatic rings. The van der Waals surface area contributed by atoms with Gasteiger partial charge in [0.2, 0.25) is 0 Å². The Morgan fingerprint density at radius 1 is 1.35 bits per heavy atom. The van der Waals surface area contributed by atoms with Crippen molar-refractivity contribution in [3.63, 3.8) is 0 Å². The first-order valence-electron chi connectivity index (χ1n) is 6.87. The first-order valence-corrected chi connectivity index (χ1v) is 8.31. The maximum atomic E-state index is 12.7. The van der Waals surface area contributed by atoms with Crippen LogP contribution in [0.4, 0.5) is 0 Å². The molecule has 3 heterocycles. The summed E-state index contributed by atoms with van der Waals surface area (Å²) in [5.41, 5.74) is 5.68. The highest BCUT2D eigenvalue weighted by atomic mass is 35.5. The van der Waals surface area contributed by atoms with Crippen LogP contribution in [0.1, 0.15) is 25.1 Å². The zero-order valence-electron chi connectivity index (χ0n) is 11.4. The Morgan fingerprint density at radius 3 is 2.90 bits per heavy atom. The van der Waals surface area contributed by atoms with Gasteiger partial charge in [0.05, 0.1) is 6.20 Å². The van der Waals surface area contributed by atoms with Gasteiger partial charge < -0.3 is 10.3 Å². The van der Waals surface area contributed by atoms with Gasteiger partial charge in [0, 0.05) is 26.1 Å². The van der Waals surface area contributed by atoms with Crippen LogP contribution >= 0.6 is 12.4 Å². The molecule has 1 fully saturated rings. The van der Waals surface area contributed by atoms with Crippen molar-refractivity contribution in [1.82, 2.24) is 13.9 Å². The summed E-state index contributed by atoms with van der Waals surface area (Å²) >= 11 is 0. The van der Waals surface area contributed by atoms with Crippen molar-refractivity contribution in [2.45, 2.75) is 37.3 Å². The molecule has 2 aliphatic rings. The number of imidazole rings is 1. The molecule has 0 bridgehead atoms. The van der Waals surface area contributed by atoms with Crippen molar-refractivity contribution in [1.29, 1.82) is 0 Å². The number of sulfonamides is 1. The molecule has 0 amide bonds. The lowest BCUT2D eigenvalue weighted by molar-refractivity contribution is 0.270. The van der Waals surface area contributed by atoms with Crippen LogP contribution in [0, 0.1) is 5.92 Å². The van der Waals surface area contributed by atoms with E-state index in [2.05, 4.69) is 4.98 Å². The zero-order valence-corrected chi connectivity index (χ0v) is 13.0. The van der Waals surface area contributed by atoms with Gasteiger partial charge in [0.1, 0.15) is 5.82 Å². The van der Waals surface area contributed by atoms with E-state index in [1.54, 1.807) is 4.31 Å². The zero-order chi connectivity index (χ0) is 13.5. The molecule has 0 aromatic carbocycles. The molecular formula is C12H21ClN4O2S. The van der Waals surface area contributed by atoms with Crippen LogP contribution in [0.3, 0.4) is 0 Å². The number of aryl methyl sites for hydroxylation is 1. The second-order valence-corrected chi connectivity index (χ2v) is 7.26. The number of piperidine rings is 1. The average Bonchev–Trinajstić information content (AvgIpc) is 3.01. The molecule has 3 rings (SSSR count). The maximum Gasteiger partial charge on any atom is 0.260 e. The minimum absolute atomic E-state index is 0. The van der Waals surface area contributed by atoms with E-state index in [1.807, 2.05) is 4.57 Å². The summed E-state index contributed by atoms with van der Waals surface area (Å²) in [6.07, 6.45) is 5.28. The van der Waals surface area contributed by atoms with E-state index < -0.39 is 10.0 Å². The second kappa shape index (κ2) is 6.01. The Bertz CT molecular complexity index is 572. The molecular weight excluding hydrogens is 300 g/mol. The molecule has 0 spiro atoms. The highest BCUT2D eigenvalue weighted by Crippen LogP contribution is 2.26. The van der Waals surface area contributed by atoms with E-state index in [4.69, 9.17) is 5.73 Å². The van der Waals surface area contributed by atoms with Crippen LogP contribution in [0.15, 0.2) is 11.2 Å². The fraction of sp³-hybridized carbons (Fsp3) is 0.750. The van der Waals surface area contributed by atoms with Gasteiger partial charge in [-0.1, -0.05) is 0 Å². The van der Waals surface area contributed by atoms with E-state index >= 15 is 0 Å². The average molecular weight is 321 g/mol. The lowest BCUT2D eigenvalue weighted by atomic mass is 10.0. The van der Waals surface area contributed by atoms with Crippen LogP contribution in [0.2, 0.25) is 0 Å². The summed E-state index contributed by atoms with van der Waals surface area (Å²) in [5, 5.41) is 0.359. The largest absolute Gasteiger partial charge is 0.330 e. The number of rotatable bonds is 3. The fourth-order valence-electron chi connectivity index (χ4n) is 3.01. The van der Waals surface area contributed by atoms with Crippen molar-refractivity contribution < 1.29 is 8.42 Å². The number of aromatic nitrogens is 2. The lowest BCUT2D eigenvalue weighted by Crippen LogP contribution is -2.42. The summed E-state index contributed by atoms with van der Waals surface area (Å²) in [6.45, 7) is 2.45.